The molecule has 0 radical (unpaired) electrons. The van der Waals surface area contributed by atoms with Crippen LogP contribution < -0.4 is 0 Å². The van der Waals surface area contributed by atoms with Crippen LogP contribution in [0.1, 0.15) is 22.8 Å². The third-order valence-corrected chi connectivity index (χ3v) is 2.40. The Morgan fingerprint density at radius 1 is 1.35 bits per heavy atom. The fourth-order valence-electron chi connectivity index (χ4n) is 1.52. The number of aliphatic hydroxyl groups excluding tert-OH is 1. The number of carbonyl (C=O) groups excluding carboxylic acids is 1. The zero-order valence-corrected chi connectivity index (χ0v) is 10.3. The number of hydrogen-bond acceptors (Lipinski definition) is 4. The van der Waals surface area contributed by atoms with Crippen molar-refractivity contribution in [1.29, 1.82) is 0 Å². The van der Waals surface area contributed by atoms with Gasteiger partial charge in [-0.3, -0.25) is 4.90 Å². The average Bonchev–Trinajstić information content (AvgIpc) is 2.30. The van der Waals surface area contributed by atoms with Gasteiger partial charge in [0.1, 0.15) is 0 Å². The number of rotatable bonds is 6. The zero-order chi connectivity index (χ0) is 12.7. The van der Waals surface area contributed by atoms with Gasteiger partial charge in [-0.15, -0.1) is 0 Å². The highest BCUT2D eigenvalue weighted by Gasteiger charge is 2.06. The van der Waals surface area contributed by atoms with E-state index in [4.69, 9.17) is 9.84 Å². The first-order chi connectivity index (χ1) is 8.17. The summed E-state index contributed by atoms with van der Waals surface area (Å²) in [6.45, 7) is 3.72. The molecule has 94 valence electrons. The number of likely N-dealkylation sites (N-methyl/N-ethyl adjacent to an activating group) is 1. The van der Waals surface area contributed by atoms with Crippen molar-refractivity contribution in [3.63, 3.8) is 0 Å². The van der Waals surface area contributed by atoms with Crippen molar-refractivity contribution in [3.8, 4) is 0 Å². The number of aliphatic hydroxyl groups is 1. The van der Waals surface area contributed by atoms with Gasteiger partial charge in [0.25, 0.3) is 0 Å². The molecule has 1 rings (SSSR count). The molecule has 0 aliphatic carbocycles. The van der Waals surface area contributed by atoms with Crippen LogP contribution in [0.15, 0.2) is 24.3 Å². The van der Waals surface area contributed by atoms with Crippen molar-refractivity contribution in [3.05, 3.63) is 35.4 Å². The summed E-state index contributed by atoms with van der Waals surface area (Å²) in [7, 11) is 1.94. The number of benzene rings is 1. The molecular weight excluding hydrogens is 218 g/mol. The maximum absolute atomic E-state index is 11.4. The van der Waals surface area contributed by atoms with Crippen LogP contribution in [-0.2, 0) is 11.3 Å². The van der Waals surface area contributed by atoms with Gasteiger partial charge in [0.2, 0.25) is 0 Å². The molecule has 4 nitrogen and oxygen atoms in total. The molecule has 0 saturated heterocycles. The summed E-state index contributed by atoms with van der Waals surface area (Å²) >= 11 is 0. The van der Waals surface area contributed by atoms with Crippen molar-refractivity contribution in [2.75, 3.05) is 26.8 Å². The summed E-state index contributed by atoms with van der Waals surface area (Å²) < 4.78 is 4.91. The number of carbonyl (C=O) groups is 1. The van der Waals surface area contributed by atoms with Crippen molar-refractivity contribution in [1.82, 2.24) is 4.90 Å². The Morgan fingerprint density at radius 3 is 2.53 bits per heavy atom. The molecule has 0 unspecified atom stereocenters. The highest BCUT2D eigenvalue weighted by molar-refractivity contribution is 5.89. The number of ether oxygens (including phenoxy) is 1. The van der Waals surface area contributed by atoms with Crippen LogP contribution in [0.25, 0.3) is 0 Å². The second-order valence-electron chi connectivity index (χ2n) is 3.88. The minimum absolute atomic E-state index is 0.150. The predicted molar refractivity (Wildman–Crippen MR) is 65.8 cm³/mol. The molecule has 0 amide bonds. The van der Waals surface area contributed by atoms with E-state index in [2.05, 4.69) is 0 Å². The Balaban J connectivity index is 2.58. The highest BCUT2D eigenvalue weighted by atomic mass is 16.5. The highest BCUT2D eigenvalue weighted by Crippen LogP contribution is 2.07. The first-order valence-corrected chi connectivity index (χ1v) is 5.72. The second-order valence-corrected chi connectivity index (χ2v) is 3.88. The van der Waals surface area contributed by atoms with E-state index in [1.54, 1.807) is 19.1 Å². The van der Waals surface area contributed by atoms with Gasteiger partial charge in [-0.2, -0.15) is 0 Å². The minimum Gasteiger partial charge on any atom is -0.462 e. The van der Waals surface area contributed by atoms with Crippen LogP contribution in [0.2, 0.25) is 0 Å². The summed E-state index contributed by atoms with van der Waals surface area (Å²) in [5.41, 5.74) is 1.68. The van der Waals surface area contributed by atoms with E-state index >= 15 is 0 Å². The molecule has 0 heterocycles. The Hall–Kier alpha value is -1.39. The van der Waals surface area contributed by atoms with E-state index in [1.165, 1.54) is 0 Å². The van der Waals surface area contributed by atoms with Crippen LogP contribution in [0, 0.1) is 0 Å². The molecule has 1 N–H and O–H groups in total. The van der Waals surface area contributed by atoms with Crippen LogP contribution in [0.3, 0.4) is 0 Å². The van der Waals surface area contributed by atoms with Crippen LogP contribution in [0.4, 0.5) is 0 Å². The molecule has 0 bridgehead atoms. The number of nitrogens with zero attached hydrogens (tertiary/aromatic N) is 1. The molecule has 0 saturated carbocycles. The second kappa shape index (κ2) is 7.04. The van der Waals surface area contributed by atoms with E-state index < -0.39 is 0 Å². The maximum Gasteiger partial charge on any atom is 0.338 e. The molecule has 1 aromatic rings. The summed E-state index contributed by atoms with van der Waals surface area (Å²) in [6.07, 6.45) is 0. The summed E-state index contributed by atoms with van der Waals surface area (Å²) in [4.78, 5) is 13.4. The van der Waals surface area contributed by atoms with Crippen LogP contribution >= 0.6 is 0 Å². The molecule has 0 atom stereocenters. The fraction of sp³-hybridized carbons (Fsp3) is 0.462. The first kappa shape index (κ1) is 13.7. The normalized spacial score (nSPS) is 10.6. The van der Waals surface area contributed by atoms with Gasteiger partial charge in [0.05, 0.1) is 18.8 Å². The van der Waals surface area contributed by atoms with E-state index in [1.807, 2.05) is 24.1 Å². The summed E-state index contributed by atoms with van der Waals surface area (Å²) in [5, 5.41) is 8.79. The molecule has 0 spiro atoms. The zero-order valence-electron chi connectivity index (χ0n) is 10.3. The Bertz CT molecular complexity index is 348. The molecule has 0 aromatic heterocycles. The van der Waals surface area contributed by atoms with Crippen molar-refractivity contribution < 1.29 is 14.6 Å². The fourth-order valence-corrected chi connectivity index (χ4v) is 1.52. The smallest absolute Gasteiger partial charge is 0.338 e. The Morgan fingerprint density at radius 2 is 2.00 bits per heavy atom. The molecule has 1 aromatic carbocycles. The third kappa shape index (κ3) is 4.54. The van der Waals surface area contributed by atoms with E-state index in [0.29, 0.717) is 18.7 Å². The monoisotopic (exact) mass is 237 g/mol. The number of esters is 1. The SMILES string of the molecule is CCOC(=O)c1ccc(CN(C)CCO)cc1. The molecule has 0 aliphatic rings. The van der Waals surface area contributed by atoms with E-state index in [-0.39, 0.29) is 12.6 Å². The van der Waals surface area contributed by atoms with Gasteiger partial charge >= 0.3 is 5.97 Å². The first-order valence-electron chi connectivity index (χ1n) is 5.72. The molecule has 4 heteroatoms. The third-order valence-electron chi connectivity index (χ3n) is 2.40. The quantitative estimate of drug-likeness (QED) is 0.757. The van der Waals surface area contributed by atoms with Gasteiger partial charge < -0.3 is 9.84 Å². The molecule has 17 heavy (non-hydrogen) atoms. The van der Waals surface area contributed by atoms with Crippen LogP contribution in [-0.4, -0.2) is 42.8 Å². The van der Waals surface area contributed by atoms with E-state index in [9.17, 15) is 4.79 Å². The van der Waals surface area contributed by atoms with Gasteiger partial charge in [-0.25, -0.2) is 4.79 Å². The van der Waals surface area contributed by atoms with Crippen LogP contribution in [0.5, 0.6) is 0 Å². The van der Waals surface area contributed by atoms with Crippen molar-refractivity contribution in [2.45, 2.75) is 13.5 Å². The molecule has 0 fully saturated rings. The van der Waals surface area contributed by atoms with Gasteiger partial charge in [0, 0.05) is 13.1 Å². The average molecular weight is 237 g/mol. The van der Waals surface area contributed by atoms with Gasteiger partial charge in [0.15, 0.2) is 0 Å². The lowest BCUT2D eigenvalue weighted by molar-refractivity contribution is 0.0526. The predicted octanol–water partition coefficient (Wildman–Crippen LogP) is 1.29. The molecule has 0 aliphatic heterocycles. The largest absolute Gasteiger partial charge is 0.462 e. The van der Waals surface area contributed by atoms with Crippen molar-refractivity contribution >= 4 is 5.97 Å². The summed E-state index contributed by atoms with van der Waals surface area (Å²) in [6, 6.07) is 7.33. The van der Waals surface area contributed by atoms with Gasteiger partial charge in [-0.05, 0) is 31.7 Å². The standard InChI is InChI=1S/C13H19NO3/c1-3-17-13(16)12-6-4-11(5-7-12)10-14(2)8-9-15/h4-7,15H,3,8-10H2,1-2H3. The summed E-state index contributed by atoms with van der Waals surface area (Å²) in [5.74, 6) is -0.289. The van der Waals surface area contributed by atoms with Gasteiger partial charge in [-0.1, -0.05) is 12.1 Å². The van der Waals surface area contributed by atoms with E-state index in [0.717, 1.165) is 12.1 Å². The molecular formula is C13H19NO3. The Labute approximate surface area is 102 Å². The lowest BCUT2D eigenvalue weighted by Gasteiger charge is -2.15. The lowest BCUT2D eigenvalue weighted by Crippen LogP contribution is -2.21. The lowest BCUT2D eigenvalue weighted by atomic mass is 10.1. The van der Waals surface area contributed by atoms with Crippen molar-refractivity contribution in [2.24, 2.45) is 0 Å². The Kier molecular flexibility index (Phi) is 5.66. The topological polar surface area (TPSA) is 49.8 Å². The number of hydrogen-bond donors (Lipinski definition) is 1. The minimum atomic E-state index is -0.289. The maximum atomic E-state index is 11.4.